The Morgan fingerprint density at radius 3 is 2.58 bits per heavy atom. The summed E-state index contributed by atoms with van der Waals surface area (Å²) in [6, 6.07) is -1.58. The fourth-order valence-electron chi connectivity index (χ4n) is 2.34. The molecule has 0 aromatic rings. The summed E-state index contributed by atoms with van der Waals surface area (Å²) in [5.41, 5.74) is 0. The molecule has 0 aliphatic carbocycles. The lowest BCUT2D eigenvalue weighted by atomic mass is 10.1. The summed E-state index contributed by atoms with van der Waals surface area (Å²) in [5, 5.41) is 2.27. The molecule has 0 aromatic heterocycles. The smallest absolute Gasteiger partial charge is 0.379 e. The van der Waals surface area contributed by atoms with Crippen LogP contribution in [0.3, 0.4) is 0 Å². The monoisotopic (exact) mass is 281 g/mol. The van der Waals surface area contributed by atoms with Crippen LogP contribution in [0.1, 0.15) is 0 Å². The zero-order chi connectivity index (χ0) is 13.9. The number of carbonyl (C=O) groups excluding carboxylic acids is 1. The van der Waals surface area contributed by atoms with Crippen molar-refractivity contribution in [1.29, 1.82) is 0 Å². The molecule has 8 heteroatoms. The van der Waals surface area contributed by atoms with Gasteiger partial charge in [0, 0.05) is 32.7 Å². The van der Waals surface area contributed by atoms with E-state index in [0.29, 0.717) is 19.8 Å². The number of ether oxygens (including phenoxy) is 1. The van der Waals surface area contributed by atoms with Crippen LogP contribution < -0.4 is 5.32 Å². The summed E-state index contributed by atoms with van der Waals surface area (Å²) in [6.07, 6.45) is -4.31. The van der Waals surface area contributed by atoms with Crippen molar-refractivity contribution < 1.29 is 22.7 Å². The predicted octanol–water partition coefficient (Wildman–Crippen LogP) is -0.319. The van der Waals surface area contributed by atoms with E-state index in [1.54, 1.807) is 0 Å². The Bertz CT molecular complexity index is 319. The van der Waals surface area contributed by atoms with Gasteiger partial charge < -0.3 is 10.1 Å². The minimum Gasteiger partial charge on any atom is -0.379 e. The van der Waals surface area contributed by atoms with Crippen LogP contribution in [0, 0.1) is 0 Å². The van der Waals surface area contributed by atoms with Crippen molar-refractivity contribution >= 4 is 5.91 Å². The van der Waals surface area contributed by atoms with Crippen LogP contribution in [0.2, 0.25) is 0 Å². The van der Waals surface area contributed by atoms with E-state index in [4.69, 9.17) is 4.74 Å². The molecule has 2 aliphatic heterocycles. The largest absolute Gasteiger partial charge is 0.405 e. The molecule has 2 aliphatic rings. The molecule has 1 unspecified atom stereocenters. The van der Waals surface area contributed by atoms with Gasteiger partial charge in [0.05, 0.1) is 19.8 Å². The van der Waals surface area contributed by atoms with Crippen molar-refractivity contribution in [3.8, 4) is 0 Å². The molecule has 0 bridgehead atoms. The number of carbonyl (C=O) groups is 1. The fourth-order valence-corrected chi connectivity index (χ4v) is 2.34. The van der Waals surface area contributed by atoms with Gasteiger partial charge in [-0.15, -0.1) is 0 Å². The number of amides is 1. The molecule has 19 heavy (non-hydrogen) atoms. The number of piperazine rings is 1. The minimum atomic E-state index is -4.31. The molecule has 2 rings (SSSR count). The first-order chi connectivity index (χ1) is 8.97. The number of morpholine rings is 1. The number of hydrogen-bond donors (Lipinski definition) is 1. The number of hydrogen-bond acceptors (Lipinski definition) is 4. The Balaban J connectivity index is 1.88. The lowest BCUT2D eigenvalue weighted by Crippen LogP contribution is -2.61. The molecule has 0 saturated carbocycles. The highest BCUT2D eigenvalue weighted by Gasteiger charge is 2.46. The van der Waals surface area contributed by atoms with Gasteiger partial charge in [-0.1, -0.05) is 0 Å². The van der Waals surface area contributed by atoms with E-state index in [-0.39, 0.29) is 25.5 Å². The van der Waals surface area contributed by atoms with Crippen molar-refractivity contribution in [2.75, 3.05) is 52.5 Å². The Morgan fingerprint density at radius 1 is 1.26 bits per heavy atom. The summed E-state index contributed by atoms with van der Waals surface area (Å²) in [7, 11) is 0. The first kappa shape index (κ1) is 14.5. The summed E-state index contributed by atoms with van der Waals surface area (Å²) in [6.45, 7) is 2.93. The van der Waals surface area contributed by atoms with Crippen molar-refractivity contribution in [2.24, 2.45) is 0 Å². The second kappa shape index (κ2) is 6.06. The van der Waals surface area contributed by atoms with Gasteiger partial charge in [-0.2, -0.15) is 13.2 Å². The lowest BCUT2D eigenvalue weighted by molar-refractivity contribution is -0.189. The van der Waals surface area contributed by atoms with Crippen LogP contribution in [-0.4, -0.2) is 80.4 Å². The van der Waals surface area contributed by atoms with E-state index in [2.05, 4.69) is 10.2 Å². The zero-order valence-electron chi connectivity index (χ0n) is 10.6. The van der Waals surface area contributed by atoms with Gasteiger partial charge in [0.2, 0.25) is 5.91 Å². The van der Waals surface area contributed by atoms with E-state index in [0.717, 1.165) is 13.1 Å². The minimum absolute atomic E-state index is 0.186. The molecule has 0 spiro atoms. The summed E-state index contributed by atoms with van der Waals surface area (Å²) in [5.74, 6) is -0.345. The molecule has 1 N–H and O–H groups in total. The molecule has 0 aromatic carbocycles. The number of nitrogens with zero attached hydrogens (tertiary/aromatic N) is 2. The maximum absolute atomic E-state index is 12.9. The fraction of sp³-hybridized carbons (Fsp3) is 0.909. The second-order valence-electron chi connectivity index (χ2n) is 4.79. The Morgan fingerprint density at radius 2 is 1.95 bits per heavy atom. The molecule has 2 fully saturated rings. The SMILES string of the molecule is O=C1CN(CCN2CCOCC2)C(C(F)(F)F)CN1. The molecule has 5 nitrogen and oxygen atoms in total. The van der Waals surface area contributed by atoms with E-state index in [1.165, 1.54) is 4.90 Å². The Kier molecular flexibility index (Phi) is 4.64. The second-order valence-corrected chi connectivity index (χ2v) is 4.79. The third-order valence-corrected chi connectivity index (χ3v) is 3.47. The van der Waals surface area contributed by atoms with Crippen molar-refractivity contribution in [3.63, 3.8) is 0 Å². The predicted molar refractivity (Wildman–Crippen MR) is 61.7 cm³/mol. The van der Waals surface area contributed by atoms with Crippen molar-refractivity contribution in [1.82, 2.24) is 15.1 Å². The van der Waals surface area contributed by atoms with Gasteiger partial charge in [0.1, 0.15) is 6.04 Å². The summed E-state index contributed by atoms with van der Waals surface area (Å²) < 4.78 is 43.8. The molecular formula is C11H18F3N3O2. The highest BCUT2D eigenvalue weighted by molar-refractivity contribution is 5.78. The average Bonchev–Trinajstić information content (AvgIpc) is 2.36. The standard InChI is InChI=1S/C11H18F3N3O2/c12-11(13,14)9-7-15-10(18)8-17(9)2-1-16-3-5-19-6-4-16/h9H,1-8H2,(H,15,18). The third-order valence-electron chi connectivity index (χ3n) is 3.47. The molecule has 1 amide bonds. The van der Waals surface area contributed by atoms with Gasteiger partial charge in [0.25, 0.3) is 0 Å². The molecule has 2 heterocycles. The number of rotatable bonds is 3. The number of nitrogens with one attached hydrogen (secondary N) is 1. The van der Waals surface area contributed by atoms with Gasteiger partial charge in [-0.3, -0.25) is 14.6 Å². The molecule has 110 valence electrons. The van der Waals surface area contributed by atoms with Gasteiger partial charge in [-0.25, -0.2) is 0 Å². The van der Waals surface area contributed by atoms with Crippen LogP contribution >= 0.6 is 0 Å². The van der Waals surface area contributed by atoms with E-state index in [9.17, 15) is 18.0 Å². The lowest BCUT2D eigenvalue weighted by Gasteiger charge is -2.38. The summed E-state index contributed by atoms with van der Waals surface area (Å²) >= 11 is 0. The van der Waals surface area contributed by atoms with Crippen molar-refractivity contribution in [2.45, 2.75) is 12.2 Å². The first-order valence-corrected chi connectivity index (χ1v) is 6.34. The normalized spacial score (nSPS) is 27.3. The Labute approximate surface area is 109 Å². The quantitative estimate of drug-likeness (QED) is 0.770. The summed E-state index contributed by atoms with van der Waals surface area (Å²) in [4.78, 5) is 14.5. The topological polar surface area (TPSA) is 44.8 Å². The van der Waals surface area contributed by atoms with Crippen LogP contribution in [-0.2, 0) is 9.53 Å². The molecular weight excluding hydrogens is 263 g/mol. The number of alkyl halides is 3. The highest BCUT2D eigenvalue weighted by Crippen LogP contribution is 2.25. The van der Waals surface area contributed by atoms with E-state index >= 15 is 0 Å². The maximum atomic E-state index is 12.9. The van der Waals surface area contributed by atoms with Crippen LogP contribution in [0.15, 0.2) is 0 Å². The van der Waals surface area contributed by atoms with Crippen molar-refractivity contribution in [3.05, 3.63) is 0 Å². The van der Waals surface area contributed by atoms with Crippen LogP contribution in [0.5, 0.6) is 0 Å². The third kappa shape index (κ3) is 4.05. The van der Waals surface area contributed by atoms with Gasteiger partial charge in [0.15, 0.2) is 0 Å². The zero-order valence-corrected chi connectivity index (χ0v) is 10.6. The van der Waals surface area contributed by atoms with Gasteiger partial charge >= 0.3 is 6.18 Å². The molecule has 1 atom stereocenters. The first-order valence-electron chi connectivity index (χ1n) is 6.34. The number of halogens is 3. The highest BCUT2D eigenvalue weighted by atomic mass is 19.4. The average molecular weight is 281 g/mol. The molecule has 0 radical (unpaired) electrons. The van der Waals surface area contributed by atoms with Gasteiger partial charge in [-0.05, 0) is 0 Å². The van der Waals surface area contributed by atoms with Crippen LogP contribution in [0.25, 0.3) is 0 Å². The van der Waals surface area contributed by atoms with Crippen LogP contribution in [0.4, 0.5) is 13.2 Å². The molecule has 2 saturated heterocycles. The van der Waals surface area contributed by atoms with E-state index < -0.39 is 12.2 Å². The Hall–Kier alpha value is -0.860. The van der Waals surface area contributed by atoms with E-state index in [1.807, 2.05) is 0 Å². The maximum Gasteiger partial charge on any atom is 0.405 e.